The third-order valence-electron chi connectivity index (χ3n) is 3.69. The summed E-state index contributed by atoms with van der Waals surface area (Å²) >= 11 is 3.37. The first-order chi connectivity index (χ1) is 10.2. The van der Waals surface area contributed by atoms with Gasteiger partial charge in [-0.25, -0.2) is 0 Å². The van der Waals surface area contributed by atoms with Gasteiger partial charge in [-0.2, -0.15) is 0 Å². The van der Waals surface area contributed by atoms with Crippen LogP contribution >= 0.6 is 15.9 Å². The van der Waals surface area contributed by atoms with E-state index >= 15 is 0 Å². The zero-order chi connectivity index (χ0) is 15.1. The van der Waals surface area contributed by atoms with Gasteiger partial charge >= 0.3 is 0 Å². The number of methoxy groups -OCH3 is 1. The predicted molar refractivity (Wildman–Crippen MR) is 84.5 cm³/mol. The van der Waals surface area contributed by atoms with Gasteiger partial charge in [-0.1, -0.05) is 15.9 Å². The Balaban J connectivity index is 1.74. The molecule has 0 bridgehead atoms. The number of carbonyl (C=O) groups excluding carboxylic acids is 1. The second-order valence-electron chi connectivity index (χ2n) is 5.01. The van der Waals surface area contributed by atoms with Crippen molar-refractivity contribution in [2.75, 3.05) is 33.4 Å². The Kier molecular flexibility index (Phi) is 6.02. The lowest BCUT2D eigenvalue weighted by atomic mass is 9.91. The van der Waals surface area contributed by atoms with Crippen molar-refractivity contribution in [3.8, 4) is 5.75 Å². The van der Waals surface area contributed by atoms with E-state index in [0.717, 1.165) is 23.3 Å². The molecule has 0 radical (unpaired) electrons. The molecule has 2 rings (SSSR count). The molecule has 1 amide bonds. The third kappa shape index (κ3) is 4.43. The van der Waals surface area contributed by atoms with E-state index in [1.54, 1.807) is 7.11 Å². The highest BCUT2D eigenvalue weighted by atomic mass is 79.9. The highest BCUT2D eigenvalue weighted by Crippen LogP contribution is 2.22. The van der Waals surface area contributed by atoms with E-state index in [9.17, 15) is 4.79 Å². The van der Waals surface area contributed by atoms with Crippen molar-refractivity contribution < 1.29 is 14.3 Å². The molecule has 0 saturated carbocycles. The van der Waals surface area contributed by atoms with Crippen LogP contribution in [0.2, 0.25) is 0 Å². The molecule has 2 N–H and O–H groups in total. The normalized spacial score (nSPS) is 17.2. The zero-order valence-corrected chi connectivity index (χ0v) is 13.7. The summed E-state index contributed by atoms with van der Waals surface area (Å²) in [6.07, 6.45) is 1.39. The number of benzene rings is 1. The summed E-state index contributed by atoms with van der Waals surface area (Å²) in [6, 6.07) is 7.61. The Morgan fingerprint density at radius 2 is 2.00 bits per heavy atom. The number of hydrogen-bond donors (Lipinski definition) is 2. The van der Waals surface area contributed by atoms with Gasteiger partial charge in [0.25, 0.3) is 5.91 Å². The van der Waals surface area contributed by atoms with Crippen LogP contribution in [0.15, 0.2) is 28.7 Å². The largest absolute Gasteiger partial charge is 0.492 e. The molecule has 1 fully saturated rings. The first-order valence-electron chi connectivity index (χ1n) is 7.09. The lowest BCUT2D eigenvalue weighted by Crippen LogP contribution is -2.54. The van der Waals surface area contributed by atoms with Crippen LogP contribution in [0.3, 0.4) is 0 Å². The maximum absolute atomic E-state index is 12.3. The molecule has 21 heavy (non-hydrogen) atoms. The molecule has 1 saturated heterocycles. The fourth-order valence-corrected chi connectivity index (χ4v) is 2.64. The Labute approximate surface area is 133 Å². The van der Waals surface area contributed by atoms with E-state index < -0.39 is 5.60 Å². The third-order valence-corrected chi connectivity index (χ3v) is 4.21. The Morgan fingerprint density at radius 1 is 1.33 bits per heavy atom. The molecular weight excluding hydrogens is 336 g/mol. The minimum atomic E-state index is -0.692. The van der Waals surface area contributed by atoms with Crippen LogP contribution in [0.4, 0.5) is 0 Å². The predicted octanol–water partition coefficient (Wildman–Crippen LogP) is 1.71. The van der Waals surface area contributed by atoms with Gasteiger partial charge < -0.3 is 20.1 Å². The van der Waals surface area contributed by atoms with Crippen molar-refractivity contribution in [1.82, 2.24) is 10.6 Å². The van der Waals surface area contributed by atoms with Crippen molar-refractivity contribution in [1.29, 1.82) is 0 Å². The average Bonchev–Trinajstić information content (AvgIpc) is 2.53. The molecule has 6 heteroatoms. The van der Waals surface area contributed by atoms with Gasteiger partial charge in [-0.15, -0.1) is 0 Å². The van der Waals surface area contributed by atoms with Crippen molar-refractivity contribution in [2.24, 2.45) is 0 Å². The molecular formula is C15H21BrN2O3. The first kappa shape index (κ1) is 16.3. The van der Waals surface area contributed by atoms with Crippen LogP contribution in [0.5, 0.6) is 5.75 Å². The molecule has 1 heterocycles. The molecule has 0 aliphatic carbocycles. The number of piperidine rings is 1. The van der Waals surface area contributed by atoms with Gasteiger partial charge in [0.1, 0.15) is 18.0 Å². The van der Waals surface area contributed by atoms with Crippen LogP contribution in [0.1, 0.15) is 12.8 Å². The minimum absolute atomic E-state index is 0.0501. The van der Waals surface area contributed by atoms with Gasteiger partial charge in [0.2, 0.25) is 0 Å². The van der Waals surface area contributed by atoms with Crippen molar-refractivity contribution in [2.45, 2.75) is 18.4 Å². The highest BCUT2D eigenvalue weighted by molar-refractivity contribution is 9.10. The average molecular weight is 357 g/mol. The molecule has 0 spiro atoms. The van der Waals surface area contributed by atoms with E-state index in [2.05, 4.69) is 26.6 Å². The number of nitrogens with one attached hydrogen (secondary N) is 2. The molecule has 5 nitrogen and oxygen atoms in total. The Morgan fingerprint density at radius 3 is 2.62 bits per heavy atom. The summed E-state index contributed by atoms with van der Waals surface area (Å²) in [7, 11) is 1.60. The van der Waals surface area contributed by atoms with Crippen LogP contribution < -0.4 is 15.4 Å². The van der Waals surface area contributed by atoms with E-state index in [0.29, 0.717) is 26.0 Å². The topological polar surface area (TPSA) is 59.6 Å². The summed E-state index contributed by atoms with van der Waals surface area (Å²) in [6.45, 7) is 2.51. The lowest BCUT2D eigenvalue weighted by Gasteiger charge is -2.34. The number of carbonyl (C=O) groups is 1. The van der Waals surface area contributed by atoms with Crippen LogP contribution in [0, 0.1) is 0 Å². The summed E-state index contributed by atoms with van der Waals surface area (Å²) < 4.78 is 12.1. The lowest BCUT2D eigenvalue weighted by molar-refractivity contribution is -0.146. The van der Waals surface area contributed by atoms with Gasteiger partial charge in [-0.3, -0.25) is 4.79 Å². The fourth-order valence-electron chi connectivity index (χ4n) is 2.38. The number of amides is 1. The highest BCUT2D eigenvalue weighted by Gasteiger charge is 2.39. The molecule has 1 aromatic carbocycles. The van der Waals surface area contributed by atoms with E-state index in [-0.39, 0.29) is 5.91 Å². The molecule has 0 unspecified atom stereocenters. The number of hydrogen-bond acceptors (Lipinski definition) is 4. The number of rotatable bonds is 6. The zero-order valence-electron chi connectivity index (χ0n) is 12.2. The van der Waals surface area contributed by atoms with E-state index in [1.165, 1.54) is 0 Å². The number of ether oxygens (including phenoxy) is 2. The van der Waals surface area contributed by atoms with Gasteiger partial charge in [0.15, 0.2) is 0 Å². The summed E-state index contributed by atoms with van der Waals surface area (Å²) in [5.41, 5.74) is -0.692. The van der Waals surface area contributed by atoms with Gasteiger partial charge in [0.05, 0.1) is 6.54 Å². The molecule has 0 aromatic heterocycles. The smallest absolute Gasteiger partial charge is 0.252 e. The Bertz CT molecular complexity index is 458. The standard InChI is InChI=1S/C15H21BrN2O3/c1-20-15(6-8-17-9-7-15)14(19)18-10-11-21-13-4-2-12(16)3-5-13/h2-5,17H,6-11H2,1H3,(H,18,19). The van der Waals surface area contributed by atoms with Crippen molar-refractivity contribution in [3.05, 3.63) is 28.7 Å². The number of halogens is 1. The monoisotopic (exact) mass is 356 g/mol. The van der Waals surface area contributed by atoms with Crippen LogP contribution in [-0.4, -0.2) is 44.9 Å². The van der Waals surface area contributed by atoms with E-state index in [4.69, 9.17) is 9.47 Å². The molecule has 0 atom stereocenters. The van der Waals surface area contributed by atoms with Crippen LogP contribution in [0.25, 0.3) is 0 Å². The summed E-state index contributed by atoms with van der Waals surface area (Å²) in [4.78, 5) is 12.3. The summed E-state index contributed by atoms with van der Waals surface area (Å²) in [5, 5.41) is 6.13. The maximum Gasteiger partial charge on any atom is 0.252 e. The molecule has 116 valence electrons. The Hall–Kier alpha value is -1.11. The minimum Gasteiger partial charge on any atom is -0.492 e. The first-order valence-corrected chi connectivity index (χ1v) is 7.88. The quantitative estimate of drug-likeness (QED) is 0.761. The van der Waals surface area contributed by atoms with E-state index in [1.807, 2.05) is 24.3 Å². The second-order valence-corrected chi connectivity index (χ2v) is 5.92. The fraction of sp³-hybridized carbons (Fsp3) is 0.533. The van der Waals surface area contributed by atoms with Crippen LogP contribution in [-0.2, 0) is 9.53 Å². The second kappa shape index (κ2) is 7.77. The molecule has 1 aromatic rings. The SMILES string of the molecule is COC1(C(=O)NCCOc2ccc(Br)cc2)CCNCC1. The summed E-state index contributed by atoms with van der Waals surface area (Å²) in [5.74, 6) is 0.738. The molecule has 1 aliphatic rings. The maximum atomic E-state index is 12.3. The van der Waals surface area contributed by atoms with Gasteiger partial charge in [0, 0.05) is 11.6 Å². The van der Waals surface area contributed by atoms with Gasteiger partial charge in [-0.05, 0) is 50.2 Å². The van der Waals surface area contributed by atoms with Crippen molar-refractivity contribution in [3.63, 3.8) is 0 Å². The van der Waals surface area contributed by atoms with Crippen molar-refractivity contribution >= 4 is 21.8 Å². The molecule has 1 aliphatic heterocycles.